The van der Waals surface area contributed by atoms with Gasteiger partial charge in [0.25, 0.3) is 0 Å². The summed E-state index contributed by atoms with van der Waals surface area (Å²) in [5.41, 5.74) is 2.39. The van der Waals surface area contributed by atoms with E-state index in [2.05, 4.69) is 4.98 Å². The molecule has 1 heterocycles. The van der Waals surface area contributed by atoms with Crippen LogP contribution in [-0.2, 0) is 6.61 Å². The van der Waals surface area contributed by atoms with Crippen LogP contribution in [0, 0.1) is 19.7 Å². The lowest BCUT2D eigenvalue weighted by Crippen LogP contribution is -1.90. The summed E-state index contributed by atoms with van der Waals surface area (Å²) in [5, 5.41) is 10.2. The molecular weight excluding hydrogens is 225 g/mol. The Morgan fingerprint density at radius 3 is 2.69 bits per heavy atom. The SMILES string of the molecule is Cc1nc(C)c(-c2ccc(F)cc2CO)s1. The van der Waals surface area contributed by atoms with Gasteiger partial charge in [-0.1, -0.05) is 6.07 Å². The van der Waals surface area contributed by atoms with E-state index in [1.165, 1.54) is 12.1 Å². The van der Waals surface area contributed by atoms with Gasteiger partial charge in [0.05, 0.1) is 22.2 Å². The molecular formula is C12H12FNOS. The van der Waals surface area contributed by atoms with E-state index in [-0.39, 0.29) is 12.4 Å². The van der Waals surface area contributed by atoms with Crippen molar-refractivity contribution >= 4 is 11.3 Å². The molecule has 2 aromatic rings. The molecule has 2 nitrogen and oxygen atoms in total. The van der Waals surface area contributed by atoms with Gasteiger partial charge in [-0.05, 0) is 37.1 Å². The van der Waals surface area contributed by atoms with Crippen LogP contribution in [0.5, 0.6) is 0 Å². The number of aliphatic hydroxyl groups excluding tert-OH is 1. The van der Waals surface area contributed by atoms with E-state index < -0.39 is 0 Å². The van der Waals surface area contributed by atoms with Crippen molar-refractivity contribution in [3.05, 3.63) is 40.3 Å². The van der Waals surface area contributed by atoms with Crippen LogP contribution in [-0.4, -0.2) is 10.1 Å². The smallest absolute Gasteiger partial charge is 0.123 e. The third-order valence-corrected chi connectivity index (χ3v) is 3.49. The average Bonchev–Trinajstić information content (AvgIpc) is 2.57. The van der Waals surface area contributed by atoms with E-state index >= 15 is 0 Å². The van der Waals surface area contributed by atoms with Crippen LogP contribution in [0.25, 0.3) is 10.4 Å². The molecule has 0 radical (unpaired) electrons. The molecule has 0 unspecified atom stereocenters. The van der Waals surface area contributed by atoms with E-state index in [1.54, 1.807) is 17.4 Å². The lowest BCUT2D eigenvalue weighted by Gasteiger charge is -2.05. The predicted octanol–water partition coefficient (Wildman–Crippen LogP) is 3.06. The first kappa shape index (κ1) is 11.2. The Balaban J connectivity index is 2.59. The van der Waals surface area contributed by atoms with Crippen LogP contribution in [0.2, 0.25) is 0 Å². The Labute approximate surface area is 97.4 Å². The number of aliphatic hydroxyl groups is 1. The maximum absolute atomic E-state index is 13.0. The van der Waals surface area contributed by atoms with Gasteiger partial charge in [-0.15, -0.1) is 11.3 Å². The van der Waals surface area contributed by atoms with Crippen molar-refractivity contribution in [2.24, 2.45) is 0 Å². The molecule has 84 valence electrons. The molecule has 16 heavy (non-hydrogen) atoms. The van der Waals surface area contributed by atoms with Gasteiger partial charge in [0.2, 0.25) is 0 Å². The van der Waals surface area contributed by atoms with Gasteiger partial charge < -0.3 is 5.11 Å². The van der Waals surface area contributed by atoms with Crippen molar-refractivity contribution in [1.82, 2.24) is 4.98 Å². The summed E-state index contributed by atoms with van der Waals surface area (Å²) in [7, 11) is 0. The van der Waals surface area contributed by atoms with Crippen molar-refractivity contribution < 1.29 is 9.50 Å². The first-order valence-electron chi connectivity index (χ1n) is 4.95. The fraction of sp³-hybridized carbons (Fsp3) is 0.250. The van der Waals surface area contributed by atoms with Crippen LogP contribution in [0.15, 0.2) is 18.2 Å². The highest BCUT2D eigenvalue weighted by molar-refractivity contribution is 7.15. The summed E-state index contributed by atoms with van der Waals surface area (Å²) in [6.45, 7) is 3.69. The number of hydrogen-bond donors (Lipinski definition) is 1. The number of hydrogen-bond acceptors (Lipinski definition) is 3. The molecule has 0 aliphatic rings. The Morgan fingerprint density at radius 1 is 1.38 bits per heavy atom. The predicted molar refractivity (Wildman–Crippen MR) is 62.9 cm³/mol. The molecule has 0 bridgehead atoms. The lowest BCUT2D eigenvalue weighted by atomic mass is 10.1. The average molecular weight is 237 g/mol. The molecule has 1 aromatic heterocycles. The van der Waals surface area contributed by atoms with Gasteiger partial charge in [-0.3, -0.25) is 0 Å². The zero-order chi connectivity index (χ0) is 11.7. The number of benzene rings is 1. The monoisotopic (exact) mass is 237 g/mol. The molecule has 0 saturated carbocycles. The summed E-state index contributed by atoms with van der Waals surface area (Å²) >= 11 is 1.56. The Kier molecular flexibility index (Phi) is 3.03. The summed E-state index contributed by atoms with van der Waals surface area (Å²) in [4.78, 5) is 5.33. The first-order chi connectivity index (χ1) is 7.61. The second-order valence-electron chi connectivity index (χ2n) is 3.61. The number of rotatable bonds is 2. The Bertz CT molecular complexity index is 522. The van der Waals surface area contributed by atoms with E-state index in [9.17, 15) is 9.50 Å². The maximum atomic E-state index is 13.0. The minimum absolute atomic E-state index is 0.163. The summed E-state index contributed by atoms with van der Waals surface area (Å²) < 4.78 is 13.0. The van der Waals surface area contributed by atoms with Gasteiger partial charge in [0, 0.05) is 0 Å². The van der Waals surface area contributed by atoms with E-state index in [4.69, 9.17) is 0 Å². The molecule has 2 rings (SSSR count). The topological polar surface area (TPSA) is 33.1 Å². The molecule has 0 fully saturated rings. The van der Waals surface area contributed by atoms with Gasteiger partial charge in [-0.25, -0.2) is 9.37 Å². The molecule has 0 saturated heterocycles. The van der Waals surface area contributed by atoms with Crippen LogP contribution < -0.4 is 0 Å². The van der Waals surface area contributed by atoms with Crippen molar-refractivity contribution in [3.63, 3.8) is 0 Å². The first-order valence-corrected chi connectivity index (χ1v) is 5.77. The zero-order valence-electron chi connectivity index (χ0n) is 9.12. The highest BCUT2D eigenvalue weighted by Crippen LogP contribution is 2.32. The zero-order valence-corrected chi connectivity index (χ0v) is 9.94. The molecule has 1 N–H and O–H groups in total. The fourth-order valence-electron chi connectivity index (χ4n) is 1.70. The molecule has 0 aliphatic carbocycles. The minimum Gasteiger partial charge on any atom is -0.392 e. The van der Waals surface area contributed by atoms with E-state index in [0.717, 1.165) is 21.1 Å². The fourth-order valence-corrected chi connectivity index (χ4v) is 2.68. The summed E-state index contributed by atoms with van der Waals surface area (Å²) in [5.74, 6) is -0.327. The Hall–Kier alpha value is -1.26. The number of halogens is 1. The third-order valence-electron chi connectivity index (χ3n) is 2.39. The standard InChI is InChI=1S/C12H12FNOS/c1-7-12(16-8(2)14-7)11-4-3-10(13)5-9(11)6-15/h3-5,15H,6H2,1-2H3. The van der Waals surface area contributed by atoms with E-state index in [0.29, 0.717) is 5.56 Å². The lowest BCUT2D eigenvalue weighted by molar-refractivity contribution is 0.282. The largest absolute Gasteiger partial charge is 0.392 e. The summed E-state index contributed by atoms with van der Waals surface area (Å²) in [6, 6.07) is 4.47. The normalized spacial score (nSPS) is 10.8. The second-order valence-corrected chi connectivity index (χ2v) is 4.81. The molecule has 1 aromatic carbocycles. The van der Waals surface area contributed by atoms with E-state index in [1.807, 2.05) is 13.8 Å². The Morgan fingerprint density at radius 2 is 2.12 bits per heavy atom. The van der Waals surface area contributed by atoms with Crippen LogP contribution in [0.1, 0.15) is 16.3 Å². The third kappa shape index (κ3) is 1.99. The van der Waals surface area contributed by atoms with Crippen molar-refractivity contribution in [1.29, 1.82) is 0 Å². The number of thiazole rings is 1. The van der Waals surface area contributed by atoms with Crippen molar-refractivity contribution in [3.8, 4) is 10.4 Å². The molecule has 4 heteroatoms. The van der Waals surface area contributed by atoms with Crippen LogP contribution >= 0.6 is 11.3 Å². The number of aromatic nitrogens is 1. The second kappa shape index (κ2) is 4.31. The summed E-state index contributed by atoms with van der Waals surface area (Å²) in [6.07, 6.45) is 0. The molecule has 0 amide bonds. The van der Waals surface area contributed by atoms with Gasteiger partial charge >= 0.3 is 0 Å². The molecule has 0 spiro atoms. The van der Waals surface area contributed by atoms with Gasteiger partial charge in [-0.2, -0.15) is 0 Å². The van der Waals surface area contributed by atoms with Crippen molar-refractivity contribution in [2.75, 3.05) is 0 Å². The number of nitrogens with zero attached hydrogens (tertiary/aromatic N) is 1. The minimum atomic E-state index is -0.327. The molecule has 0 atom stereocenters. The quantitative estimate of drug-likeness (QED) is 0.870. The highest BCUT2D eigenvalue weighted by atomic mass is 32.1. The maximum Gasteiger partial charge on any atom is 0.123 e. The van der Waals surface area contributed by atoms with Crippen LogP contribution in [0.3, 0.4) is 0 Å². The molecule has 0 aliphatic heterocycles. The van der Waals surface area contributed by atoms with Gasteiger partial charge in [0.1, 0.15) is 5.82 Å². The van der Waals surface area contributed by atoms with Crippen molar-refractivity contribution in [2.45, 2.75) is 20.5 Å². The highest BCUT2D eigenvalue weighted by Gasteiger charge is 2.11. The van der Waals surface area contributed by atoms with Gasteiger partial charge in [0.15, 0.2) is 0 Å². The number of aryl methyl sites for hydroxylation is 2. The van der Waals surface area contributed by atoms with Crippen LogP contribution in [0.4, 0.5) is 4.39 Å².